The maximum absolute atomic E-state index is 13.7. The summed E-state index contributed by atoms with van der Waals surface area (Å²) in [5.74, 6) is -0.436. The van der Waals surface area contributed by atoms with Crippen LogP contribution in [0.25, 0.3) is 0 Å². The van der Waals surface area contributed by atoms with Gasteiger partial charge in [-0.2, -0.15) is 18.3 Å². The molecule has 0 aliphatic carbocycles. The molecule has 2 atom stereocenters. The Labute approximate surface area is 162 Å². The number of ether oxygens (including phenoxy) is 1. The lowest BCUT2D eigenvalue weighted by Crippen LogP contribution is -2.36. The average molecular weight is 447 g/mol. The molecule has 1 aromatic heterocycles. The molecule has 0 spiro atoms. The molecule has 0 saturated carbocycles. The lowest BCUT2D eigenvalue weighted by Gasteiger charge is -2.33. The average Bonchev–Trinajstić information content (AvgIpc) is 2.98. The van der Waals surface area contributed by atoms with Crippen molar-refractivity contribution in [2.45, 2.75) is 24.7 Å². The number of amides is 1. The van der Waals surface area contributed by atoms with Crippen molar-refractivity contribution in [3.8, 4) is 0 Å². The van der Waals surface area contributed by atoms with Crippen molar-refractivity contribution in [1.82, 2.24) is 15.1 Å². The van der Waals surface area contributed by atoms with Crippen LogP contribution in [0.5, 0.6) is 0 Å². The fourth-order valence-corrected chi connectivity index (χ4v) is 3.54. The summed E-state index contributed by atoms with van der Waals surface area (Å²) in [5.41, 5.74) is 0.633. The van der Waals surface area contributed by atoms with Gasteiger partial charge in [-0.1, -0.05) is 30.3 Å². The molecule has 0 bridgehead atoms. The monoisotopic (exact) mass is 446 g/mol. The molecule has 1 amide bonds. The van der Waals surface area contributed by atoms with Gasteiger partial charge in [-0.15, -0.1) is 0 Å². The fourth-order valence-electron chi connectivity index (χ4n) is 2.99. The molecule has 146 valence electrons. The van der Waals surface area contributed by atoms with Gasteiger partial charge in [0.25, 0.3) is 5.91 Å². The molecule has 2 N–H and O–H groups in total. The van der Waals surface area contributed by atoms with Crippen molar-refractivity contribution < 1.29 is 22.7 Å². The number of fused-ring (bicyclic) bond motifs is 1. The number of carbonyl (C=O) groups excluding carboxylic acids is 1. The van der Waals surface area contributed by atoms with Gasteiger partial charge in [-0.05, 0) is 21.5 Å². The number of alkyl halides is 3. The van der Waals surface area contributed by atoms with Crippen LogP contribution in [-0.4, -0.2) is 42.1 Å². The van der Waals surface area contributed by atoms with Crippen LogP contribution in [0.1, 0.15) is 34.6 Å². The Kier molecular flexibility index (Phi) is 5.75. The fraction of sp³-hybridized carbons (Fsp3) is 0.412. The van der Waals surface area contributed by atoms with E-state index in [-0.39, 0.29) is 35.6 Å². The van der Waals surface area contributed by atoms with Crippen LogP contribution in [0.4, 0.5) is 19.0 Å². The molecular weight excluding hydrogens is 429 g/mol. The Bertz CT molecular complexity index is 811. The van der Waals surface area contributed by atoms with E-state index in [1.807, 2.05) is 0 Å². The zero-order chi connectivity index (χ0) is 19.6. The predicted octanol–water partition coefficient (Wildman–Crippen LogP) is 3.68. The maximum Gasteiger partial charge on any atom is 0.410 e. The first-order valence-electron chi connectivity index (χ1n) is 8.26. The third-order valence-electron chi connectivity index (χ3n) is 4.30. The van der Waals surface area contributed by atoms with E-state index >= 15 is 0 Å². The number of hydrogen-bond donors (Lipinski definition) is 2. The molecule has 1 aliphatic rings. The summed E-state index contributed by atoms with van der Waals surface area (Å²) in [6.07, 6.45) is -4.72. The van der Waals surface area contributed by atoms with Crippen LogP contribution in [0.2, 0.25) is 0 Å². The lowest BCUT2D eigenvalue weighted by atomic mass is 9.97. The van der Waals surface area contributed by atoms with Crippen molar-refractivity contribution in [2.75, 3.05) is 25.6 Å². The molecule has 6 nitrogen and oxygen atoms in total. The van der Waals surface area contributed by atoms with Crippen LogP contribution in [0.15, 0.2) is 34.8 Å². The van der Waals surface area contributed by atoms with E-state index in [4.69, 9.17) is 4.74 Å². The summed E-state index contributed by atoms with van der Waals surface area (Å²) in [6, 6.07) is 6.49. The number of hydrogen-bond acceptors (Lipinski definition) is 4. The number of anilines is 1. The van der Waals surface area contributed by atoms with E-state index in [0.717, 1.165) is 10.2 Å². The van der Waals surface area contributed by atoms with Gasteiger partial charge in [0.05, 0.1) is 17.1 Å². The predicted molar refractivity (Wildman–Crippen MR) is 96.7 cm³/mol. The first kappa shape index (κ1) is 19.7. The van der Waals surface area contributed by atoms with Gasteiger partial charge < -0.3 is 15.4 Å². The maximum atomic E-state index is 13.7. The summed E-state index contributed by atoms with van der Waals surface area (Å²) < 4.78 is 46.9. The SMILES string of the molecule is COCCNC(=O)c1nn2c(c1Br)N[C@@H](c1ccccc1)C[C@H]2C(F)(F)F. The Morgan fingerprint density at radius 3 is 2.74 bits per heavy atom. The van der Waals surface area contributed by atoms with E-state index in [1.54, 1.807) is 30.3 Å². The minimum absolute atomic E-state index is 0.100. The number of carbonyl (C=O) groups is 1. The van der Waals surface area contributed by atoms with Crippen molar-refractivity contribution in [3.63, 3.8) is 0 Å². The highest BCUT2D eigenvalue weighted by Crippen LogP contribution is 2.46. The lowest BCUT2D eigenvalue weighted by molar-refractivity contribution is -0.173. The molecule has 3 rings (SSSR count). The minimum Gasteiger partial charge on any atom is -0.383 e. The standard InChI is InChI=1S/C17H18BrF3N4O2/c1-27-8-7-22-16(26)14-13(18)15-23-11(10-5-3-2-4-6-10)9-12(17(19,20)21)25(15)24-14/h2-6,11-12,23H,7-9H2,1H3,(H,22,26)/t11-,12+/m1/s1. The highest BCUT2D eigenvalue weighted by atomic mass is 79.9. The zero-order valence-electron chi connectivity index (χ0n) is 14.4. The second kappa shape index (κ2) is 7.89. The van der Waals surface area contributed by atoms with Gasteiger partial charge in [0.15, 0.2) is 11.7 Å². The molecule has 10 heteroatoms. The van der Waals surface area contributed by atoms with Crippen LogP contribution in [0, 0.1) is 0 Å². The molecule has 0 radical (unpaired) electrons. The number of benzene rings is 1. The molecular formula is C17H18BrF3N4O2. The Balaban J connectivity index is 1.96. The summed E-state index contributed by atoms with van der Waals surface area (Å²) in [7, 11) is 1.49. The first-order chi connectivity index (χ1) is 12.8. The second-order valence-corrected chi connectivity index (χ2v) is 6.90. The normalized spacial score (nSPS) is 19.3. The van der Waals surface area contributed by atoms with E-state index < -0.39 is 24.2 Å². The molecule has 2 aromatic rings. The van der Waals surface area contributed by atoms with Crippen LogP contribution >= 0.6 is 15.9 Å². The Morgan fingerprint density at radius 2 is 2.11 bits per heavy atom. The van der Waals surface area contributed by atoms with Gasteiger partial charge >= 0.3 is 6.18 Å². The molecule has 0 saturated heterocycles. The topological polar surface area (TPSA) is 68.2 Å². The molecule has 2 heterocycles. The van der Waals surface area contributed by atoms with Crippen molar-refractivity contribution >= 4 is 27.7 Å². The third kappa shape index (κ3) is 4.11. The minimum atomic E-state index is -4.50. The van der Waals surface area contributed by atoms with Gasteiger partial charge in [-0.25, -0.2) is 4.68 Å². The van der Waals surface area contributed by atoms with E-state index in [0.29, 0.717) is 0 Å². The summed E-state index contributed by atoms with van der Waals surface area (Å²) >= 11 is 3.24. The number of methoxy groups -OCH3 is 1. The number of nitrogens with zero attached hydrogens (tertiary/aromatic N) is 2. The quantitative estimate of drug-likeness (QED) is 0.687. The van der Waals surface area contributed by atoms with Crippen LogP contribution < -0.4 is 10.6 Å². The number of rotatable bonds is 5. The van der Waals surface area contributed by atoms with Crippen molar-refractivity contribution in [3.05, 3.63) is 46.1 Å². The molecule has 27 heavy (non-hydrogen) atoms. The van der Waals surface area contributed by atoms with E-state index in [1.165, 1.54) is 7.11 Å². The van der Waals surface area contributed by atoms with Crippen molar-refractivity contribution in [2.24, 2.45) is 0 Å². The van der Waals surface area contributed by atoms with E-state index in [9.17, 15) is 18.0 Å². The molecule has 0 unspecified atom stereocenters. The Hall–Kier alpha value is -2.07. The molecule has 1 aliphatic heterocycles. The van der Waals surface area contributed by atoms with Crippen molar-refractivity contribution in [1.29, 1.82) is 0 Å². The second-order valence-electron chi connectivity index (χ2n) is 6.11. The number of halogens is 4. The summed E-state index contributed by atoms with van der Waals surface area (Å²) in [6.45, 7) is 0.517. The van der Waals surface area contributed by atoms with Crippen LogP contribution in [0.3, 0.4) is 0 Å². The smallest absolute Gasteiger partial charge is 0.383 e. The van der Waals surface area contributed by atoms with Gasteiger partial charge in [-0.3, -0.25) is 4.79 Å². The highest BCUT2D eigenvalue weighted by Gasteiger charge is 2.47. The largest absolute Gasteiger partial charge is 0.410 e. The molecule has 1 aromatic carbocycles. The first-order valence-corrected chi connectivity index (χ1v) is 9.05. The van der Waals surface area contributed by atoms with Crippen LogP contribution in [-0.2, 0) is 4.74 Å². The zero-order valence-corrected chi connectivity index (χ0v) is 16.0. The molecule has 0 fully saturated rings. The Morgan fingerprint density at radius 1 is 1.41 bits per heavy atom. The number of nitrogens with one attached hydrogen (secondary N) is 2. The third-order valence-corrected chi connectivity index (χ3v) is 5.06. The van der Waals surface area contributed by atoms with Gasteiger partial charge in [0.1, 0.15) is 5.82 Å². The van der Waals surface area contributed by atoms with E-state index in [2.05, 4.69) is 31.7 Å². The highest BCUT2D eigenvalue weighted by molar-refractivity contribution is 9.10. The summed E-state index contributed by atoms with van der Waals surface area (Å²) in [5, 5.41) is 9.58. The van der Waals surface area contributed by atoms with Gasteiger partial charge in [0.2, 0.25) is 0 Å². The van der Waals surface area contributed by atoms with Gasteiger partial charge in [0, 0.05) is 20.1 Å². The summed E-state index contributed by atoms with van der Waals surface area (Å²) in [4.78, 5) is 12.3. The number of aromatic nitrogens is 2.